The van der Waals surface area contributed by atoms with E-state index in [2.05, 4.69) is 10.6 Å². The number of halogens is 3. The molecule has 2 N–H and O–H groups in total. The molecule has 184 valence electrons. The number of benzene rings is 2. The molecule has 2 aromatic rings. The fourth-order valence-corrected chi connectivity index (χ4v) is 4.93. The number of carbonyl (C=O) groups is 3. The molecule has 3 heterocycles. The molecule has 11 heteroatoms. The van der Waals surface area contributed by atoms with E-state index >= 15 is 0 Å². The van der Waals surface area contributed by atoms with Crippen LogP contribution in [0.15, 0.2) is 36.4 Å². The number of amides is 2. The van der Waals surface area contributed by atoms with Crippen LogP contribution in [0.5, 0.6) is 11.5 Å². The van der Waals surface area contributed by atoms with Crippen molar-refractivity contribution >= 4 is 40.8 Å². The number of fused-ring (bicyclic) bond motifs is 3. The Bertz CT molecular complexity index is 1190. The highest BCUT2D eigenvalue weighted by atomic mass is 35.5. The first kappa shape index (κ1) is 23.8. The Labute approximate surface area is 210 Å². The van der Waals surface area contributed by atoms with Crippen molar-refractivity contribution in [2.45, 2.75) is 49.7 Å². The summed E-state index contributed by atoms with van der Waals surface area (Å²) in [7, 11) is 0. The zero-order valence-electron chi connectivity index (χ0n) is 18.3. The first-order valence-corrected chi connectivity index (χ1v) is 11.8. The normalized spacial score (nSPS) is 26.6. The summed E-state index contributed by atoms with van der Waals surface area (Å²) in [6.45, 7) is -0.283. The van der Waals surface area contributed by atoms with Crippen molar-refractivity contribution in [2.75, 3.05) is 6.61 Å². The van der Waals surface area contributed by atoms with E-state index in [4.69, 9.17) is 37.4 Å². The Morgan fingerprint density at radius 2 is 1.80 bits per heavy atom. The summed E-state index contributed by atoms with van der Waals surface area (Å²) < 4.78 is 30.4. The zero-order chi connectivity index (χ0) is 24.7. The highest BCUT2D eigenvalue weighted by Crippen LogP contribution is 2.36. The molecule has 2 amide bonds. The van der Waals surface area contributed by atoms with Crippen molar-refractivity contribution in [3.63, 3.8) is 0 Å². The minimum Gasteiger partial charge on any atom is -0.484 e. The Morgan fingerprint density at radius 1 is 1.06 bits per heavy atom. The van der Waals surface area contributed by atoms with Gasteiger partial charge in [-0.2, -0.15) is 0 Å². The molecule has 0 saturated carbocycles. The maximum atomic E-state index is 13.5. The van der Waals surface area contributed by atoms with Gasteiger partial charge in [0.1, 0.15) is 17.3 Å². The lowest BCUT2D eigenvalue weighted by molar-refractivity contribution is -0.129. The molecule has 0 aliphatic carbocycles. The fourth-order valence-electron chi connectivity index (χ4n) is 4.64. The molecular weight excluding hydrogens is 502 g/mol. The predicted octanol–water partition coefficient (Wildman–Crippen LogP) is 3.08. The quantitative estimate of drug-likeness (QED) is 0.604. The van der Waals surface area contributed by atoms with E-state index in [9.17, 15) is 18.8 Å². The maximum Gasteiger partial charge on any atom is 0.261 e. The van der Waals surface area contributed by atoms with Crippen LogP contribution < -0.4 is 20.1 Å². The van der Waals surface area contributed by atoms with Gasteiger partial charge in [-0.1, -0.05) is 23.2 Å². The van der Waals surface area contributed by atoms with Gasteiger partial charge in [-0.05, 0) is 43.2 Å². The van der Waals surface area contributed by atoms with Gasteiger partial charge in [-0.3, -0.25) is 14.4 Å². The van der Waals surface area contributed by atoms with Crippen LogP contribution in [0.4, 0.5) is 4.39 Å². The lowest BCUT2D eigenvalue weighted by atomic mass is 9.90. The summed E-state index contributed by atoms with van der Waals surface area (Å²) in [5.74, 6) is -1.05. The smallest absolute Gasteiger partial charge is 0.261 e. The first-order valence-electron chi connectivity index (χ1n) is 11.1. The van der Waals surface area contributed by atoms with E-state index in [1.807, 2.05) is 0 Å². The van der Waals surface area contributed by atoms with Crippen molar-refractivity contribution in [1.29, 1.82) is 0 Å². The van der Waals surface area contributed by atoms with Gasteiger partial charge >= 0.3 is 0 Å². The second kappa shape index (κ2) is 9.64. The van der Waals surface area contributed by atoms with E-state index in [-0.39, 0.29) is 65.7 Å². The number of ketones is 1. The van der Waals surface area contributed by atoms with Gasteiger partial charge in [0, 0.05) is 11.1 Å². The van der Waals surface area contributed by atoms with Crippen LogP contribution in [0.1, 0.15) is 29.6 Å². The molecule has 0 radical (unpaired) electrons. The number of rotatable bonds is 6. The molecule has 2 saturated heterocycles. The third-order valence-electron chi connectivity index (χ3n) is 6.33. The standard InChI is InChI=1S/C24H21Cl2FN2O6/c25-11-1-4-19-13(5-11)18(30)9-22(34-19)24(32)29-17-8-20-16(7-21(17)35-20)28-23(31)10-33-12-2-3-14(26)15(27)6-12/h1-6,16-17,20-22H,7-10H2,(H,28,31)(H,29,32)/t16-,17-,20+,21+,22+/m0/s1. The SMILES string of the molecule is O=C(COc1ccc(Cl)c(F)c1)N[C@H]1C[C@H]2O[C@@H]1C[C@@H]2NC(=O)[C@H]1CC(=O)c2cc(Cl)ccc2O1. The van der Waals surface area contributed by atoms with Gasteiger partial charge in [0.15, 0.2) is 18.5 Å². The van der Waals surface area contributed by atoms with Crippen LogP contribution in [0.2, 0.25) is 10.0 Å². The Balaban J connectivity index is 1.10. The topological polar surface area (TPSA) is 103 Å². The van der Waals surface area contributed by atoms with E-state index in [1.54, 1.807) is 12.1 Å². The summed E-state index contributed by atoms with van der Waals surface area (Å²) in [5, 5.41) is 6.18. The molecule has 5 atom stereocenters. The average molecular weight is 523 g/mol. The lowest BCUT2D eigenvalue weighted by Gasteiger charge is -2.29. The second-order valence-corrected chi connectivity index (χ2v) is 9.56. The summed E-state index contributed by atoms with van der Waals surface area (Å²) in [5.41, 5.74) is 0.369. The molecule has 2 bridgehead atoms. The van der Waals surface area contributed by atoms with Gasteiger partial charge < -0.3 is 24.8 Å². The number of hydrogen-bond donors (Lipinski definition) is 2. The van der Waals surface area contributed by atoms with Crippen molar-refractivity contribution in [3.8, 4) is 11.5 Å². The summed E-state index contributed by atoms with van der Waals surface area (Å²) in [4.78, 5) is 37.5. The van der Waals surface area contributed by atoms with Gasteiger partial charge in [0.2, 0.25) is 0 Å². The predicted molar refractivity (Wildman–Crippen MR) is 123 cm³/mol. The Kier molecular flexibility index (Phi) is 6.57. The molecule has 5 rings (SSSR count). The van der Waals surface area contributed by atoms with Gasteiger partial charge in [0.25, 0.3) is 11.8 Å². The van der Waals surface area contributed by atoms with Crippen molar-refractivity contribution in [2.24, 2.45) is 0 Å². The molecule has 0 spiro atoms. The highest BCUT2D eigenvalue weighted by molar-refractivity contribution is 6.31. The largest absolute Gasteiger partial charge is 0.484 e. The minimum atomic E-state index is -0.930. The number of hydrogen-bond acceptors (Lipinski definition) is 6. The zero-order valence-corrected chi connectivity index (χ0v) is 19.8. The first-order chi connectivity index (χ1) is 16.8. The highest BCUT2D eigenvalue weighted by Gasteiger charge is 2.49. The van der Waals surface area contributed by atoms with Crippen LogP contribution >= 0.6 is 23.2 Å². The van der Waals surface area contributed by atoms with Crippen LogP contribution in [0, 0.1) is 5.82 Å². The van der Waals surface area contributed by atoms with Crippen LogP contribution in [-0.2, 0) is 14.3 Å². The van der Waals surface area contributed by atoms with Gasteiger partial charge in [-0.25, -0.2) is 4.39 Å². The number of Topliss-reactive ketones (excluding diaryl/α,β-unsaturated/α-hetero) is 1. The van der Waals surface area contributed by atoms with Crippen LogP contribution in [0.3, 0.4) is 0 Å². The van der Waals surface area contributed by atoms with Gasteiger partial charge in [-0.15, -0.1) is 0 Å². The molecule has 2 fully saturated rings. The molecule has 2 aromatic carbocycles. The minimum absolute atomic E-state index is 0.0287. The maximum absolute atomic E-state index is 13.5. The third kappa shape index (κ3) is 5.07. The summed E-state index contributed by atoms with van der Waals surface area (Å²) in [6.07, 6.45) is -0.511. The Hall–Kier alpha value is -2.88. The summed E-state index contributed by atoms with van der Waals surface area (Å²) in [6, 6.07) is 8.18. The molecule has 8 nitrogen and oxygen atoms in total. The average Bonchev–Trinajstić information content (AvgIpc) is 3.40. The van der Waals surface area contributed by atoms with Crippen LogP contribution in [0.25, 0.3) is 0 Å². The summed E-state index contributed by atoms with van der Waals surface area (Å²) >= 11 is 11.6. The Morgan fingerprint density at radius 3 is 2.51 bits per heavy atom. The van der Waals surface area contributed by atoms with E-state index in [1.165, 1.54) is 18.2 Å². The van der Waals surface area contributed by atoms with E-state index < -0.39 is 11.9 Å². The van der Waals surface area contributed by atoms with Crippen molar-refractivity contribution in [1.82, 2.24) is 10.6 Å². The lowest BCUT2D eigenvalue weighted by Crippen LogP contribution is -2.52. The number of ether oxygens (including phenoxy) is 3. The van der Waals surface area contributed by atoms with E-state index in [0.29, 0.717) is 29.2 Å². The van der Waals surface area contributed by atoms with E-state index in [0.717, 1.165) is 6.07 Å². The fraction of sp³-hybridized carbons (Fsp3) is 0.375. The van der Waals surface area contributed by atoms with Crippen LogP contribution in [-0.4, -0.2) is 54.6 Å². The molecule has 0 aromatic heterocycles. The number of nitrogens with one attached hydrogen (secondary N) is 2. The molecular formula is C24H21Cl2FN2O6. The number of carbonyl (C=O) groups excluding carboxylic acids is 3. The monoisotopic (exact) mass is 522 g/mol. The van der Waals surface area contributed by atoms with Gasteiger partial charge in [0.05, 0.1) is 41.3 Å². The molecule has 0 unspecified atom stereocenters. The molecule has 3 aliphatic rings. The van der Waals surface area contributed by atoms with Crippen molar-refractivity contribution in [3.05, 3.63) is 57.8 Å². The third-order valence-corrected chi connectivity index (χ3v) is 6.87. The molecule has 3 aliphatic heterocycles. The molecule has 35 heavy (non-hydrogen) atoms. The van der Waals surface area contributed by atoms with Crippen molar-refractivity contribution < 1.29 is 33.0 Å². The second-order valence-electron chi connectivity index (χ2n) is 8.71.